The quantitative estimate of drug-likeness (QED) is 0.719. The number of carbonyl (C=O) groups excluding carboxylic acids is 1. The summed E-state index contributed by atoms with van der Waals surface area (Å²) in [6.07, 6.45) is 4.58. The fourth-order valence-corrected chi connectivity index (χ4v) is 3.15. The van der Waals surface area contributed by atoms with E-state index in [1.807, 2.05) is 18.2 Å². The van der Waals surface area contributed by atoms with Crippen LogP contribution in [0.1, 0.15) is 44.1 Å². The predicted molar refractivity (Wildman–Crippen MR) is 88.7 cm³/mol. The second-order valence-electron chi connectivity index (χ2n) is 5.90. The van der Waals surface area contributed by atoms with Gasteiger partial charge in [0.15, 0.2) is 6.61 Å². The zero-order chi connectivity index (χ0) is 16.5. The Bertz CT molecular complexity index is 492. The summed E-state index contributed by atoms with van der Waals surface area (Å²) in [7, 11) is 0. The monoisotopic (exact) mass is 321 g/mol. The fourth-order valence-electron chi connectivity index (χ4n) is 3.15. The van der Waals surface area contributed by atoms with Gasteiger partial charge in [-0.2, -0.15) is 0 Å². The van der Waals surface area contributed by atoms with Crippen LogP contribution in [0.25, 0.3) is 0 Å². The maximum atomic E-state index is 11.4. The lowest BCUT2D eigenvalue weighted by Gasteiger charge is -2.30. The van der Waals surface area contributed by atoms with E-state index >= 15 is 0 Å². The lowest BCUT2D eigenvalue weighted by Crippen LogP contribution is -2.35. The Morgan fingerprint density at radius 3 is 3.04 bits per heavy atom. The molecule has 23 heavy (non-hydrogen) atoms. The topological polar surface area (TPSA) is 67.8 Å². The minimum Gasteiger partial charge on any atom is -0.482 e. The highest BCUT2D eigenvalue weighted by Gasteiger charge is 2.23. The van der Waals surface area contributed by atoms with Crippen molar-refractivity contribution >= 4 is 5.97 Å². The molecule has 1 fully saturated rings. The van der Waals surface area contributed by atoms with Gasteiger partial charge in [-0.05, 0) is 49.8 Å². The highest BCUT2D eigenvalue weighted by molar-refractivity contribution is 5.71. The van der Waals surface area contributed by atoms with E-state index in [0.717, 1.165) is 12.8 Å². The highest BCUT2D eigenvalue weighted by Crippen LogP contribution is 2.34. The van der Waals surface area contributed by atoms with Crippen molar-refractivity contribution in [1.82, 2.24) is 5.32 Å². The lowest BCUT2D eigenvalue weighted by molar-refractivity contribution is -0.145. The van der Waals surface area contributed by atoms with E-state index < -0.39 is 0 Å². The molecule has 0 radical (unpaired) electrons. The summed E-state index contributed by atoms with van der Waals surface area (Å²) in [5.74, 6) is 0.857. The van der Waals surface area contributed by atoms with Crippen LogP contribution in [-0.4, -0.2) is 43.5 Å². The maximum Gasteiger partial charge on any atom is 0.344 e. The molecule has 1 aromatic rings. The summed E-state index contributed by atoms with van der Waals surface area (Å²) in [6, 6.07) is 8.45. The van der Waals surface area contributed by atoms with Gasteiger partial charge in [-0.1, -0.05) is 18.6 Å². The molecule has 0 bridgehead atoms. The number of nitrogens with one attached hydrogen (secondary N) is 1. The van der Waals surface area contributed by atoms with Crippen molar-refractivity contribution in [3.05, 3.63) is 29.8 Å². The molecule has 0 aromatic heterocycles. The van der Waals surface area contributed by atoms with Gasteiger partial charge >= 0.3 is 5.97 Å². The van der Waals surface area contributed by atoms with Gasteiger partial charge in [0.05, 0.1) is 13.2 Å². The van der Waals surface area contributed by atoms with Crippen LogP contribution in [0.4, 0.5) is 0 Å². The maximum absolute atomic E-state index is 11.4. The van der Waals surface area contributed by atoms with Crippen LogP contribution < -0.4 is 10.1 Å². The molecule has 0 heterocycles. The minimum atomic E-state index is -0.344. The minimum absolute atomic E-state index is 0.0529. The molecule has 0 aliphatic heterocycles. The number of aliphatic hydroxyl groups is 1. The third-order valence-corrected chi connectivity index (χ3v) is 4.21. The Kier molecular flexibility index (Phi) is 7.36. The number of ether oxygens (including phenoxy) is 2. The Morgan fingerprint density at radius 1 is 1.39 bits per heavy atom. The zero-order valence-corrected chi connectivity index (χ0v) is 13.8. The van der Waals surface area contributed by atoms with Crippen molar-refractivity contribution in [2.75, 3.05) is 26.4 Å². The number of esters is 1. The van der Waals surface area contributed by atoms with Crippen molar-refractivity contribution < 1.29 is 19.4 Å². The molecule has 0 saturated heterocycles. The molecule has 128 valence electrons. The van der Waals surface area contributed by atoms with Crippen LogP contribution in [-0.2, 0) is 9.53 Å². The molecule has 1 aliphatic rings. The van der Waals surface area contributed by atoms with Crippen molar-refractivity contribution in [3.8, 4) is 5.75 Å². The van der Waals surface area contributed by atoms with E-state index in [2.05, 4.69) is 11.4 Å². The summed E-state index contributed by atoms with van der Waals surface area (Å²) in [4.78, 5) is 11.4. The second kappa shape index (κ2) is 9.53. The smallest absolute Gasteiger partial charge is 0.344 e. The third kappa shape index (κ3) is 5.84. The molecular weight excluding hydrogens is 294 g/mol. The number of carbonyl (C=O) groups is 1. The van der Waals surface area contributed by atoms with Gasteiger partial charge in [-0.15, -0.1) is 0 Å². The van der Waals surface area contributed by atoms with Gasteiger partial charge in [0.2, 0.25) is 0 Å². The number of hydrogen-bond donors (Lipinski definition) is 2. The summed E-state index contributed by atoms with van der Waals surface area (Å²) in [5, 5.41) is 12.3. The molecule has 2 N–H and O–H groups in total. The molecule has 1 aromatic carbocycles. The van der Waals surface area contributed by atoms with Gasteiger partial charge in [0.25, 0.3) is 0 Å². The van der Waals surface area contributed by atoms with Crippen LogP contribution in [0.2, 0.25) is 0 Å². The largest absolute Gasteiger partial charge is 0.482 e. The number of aliphatic hydroxyl groups excluding tert-OH is 1. The zero-order valence-electron chi connectivity index (χ0n) is 13.8. The van der Waals surface area contributed by atoms with Gasteiger partial charge in [-0.25, -0.2) is 4.79 Å². The molecule has 2 rings (SSSR count). The Balaban J connectivity index is 1.91. The fraction of sp³-hybridized carbons (Fsp3) is 0.611. The lowest BCUT2D eigenvalue weighted by atomic mass is 9.81. The van der Waals surface area contributed by atoms with Gasteiger partial charge in [0, 0.05) is 12.6 Å². The summed E-state index contributed by atoms with van der Waals surface area (Å²) in [6.45, 7) is 2.93. The first kappa shape index (κ1) is 17.8. The number of hydrogen-bond acceptors (Lipinski definition) is 5. The van der Waals surface area contributed by atoms with Crippen LogP contribution >= 0.6 is 0 Å². The van der Waals surface area contributed by atoms with Crippen LogP contribution in [0, 0.1) is 0 Å². The van der Waals surface area contributed by atoms with Gasteiger partial charge < -0.3 is 19.9 Å². The molecule has 0 amide bonds. The Morgan fingerprint density at radius 2 is 2.26 bits per heavy atom. The van der Waals surface area contributed by atoms with E-state index in [0.29, 0.717) is 30.9 Å². The van der Waals surface area contributed by atoms with Crippen molar-refractivity contribution in [3.63, 3.8) is 0 Å². The Labute approximate surface area is 138 Å². The first-order valence-electron chi connectivity index (χ1n) is 8.45. The normalized spacial score (nSPS) is 21.0. The van der Waals surface area contributed by atoms with Gasteiger partial charge in [-0.3, -0.25) is 0 Å². The molecule has 1 aliphatic carbocycles. The number of benzene rings is 1. The van der Waals surface area contributed by atoms with Crippen molar-refractivity contribution in [1.29, 1.82) is 0 Å². The van der Waals surface area contributed by atoms with E-state index in [-0.39, 0.29) is 19.2 Å². The molecule has 1 saturated carbocycles. The highest BCUT2D eigenvalue weighted by atomic mass is 16.6. The standard InChI is InChI=1S/C18H27NO4/c1-2-22-18(21)13-23-17-8-4-6-15(12-17)14-5-3-7-16(11-14)19-9-10-20/h4,6,8,12,14,16,19-20H,2-3,5,7,9-11,13H2,1H3. The van der Waals surface area contributed by atoms with E-state index in [4.69, 9.17) is 14.6 Å². The molecule has 5 nitrogen and oxygen atoms in total. The predicted octanol–water partition coefficient (Wildman–Crippen LogP) is 2.24. The van der Waals surface area contributed by atoms with E-state index in [9.17, 15) is 4.79 Å². The average Bonchev–Trinajstić information content (AvgIpc) is 2.59. The van der Waals surface area contributed by atoms with Crippen LogP contribution in [0.15, 0.2) is 24.3 Å². The third-order valence-electron chi connectivity index (χ3n) is 4.21. The van der Waals surface area contributed by atoms with Crippen LogP contribution in [0.5, 0.6) is 5.75 Å². The second-order valence-corrected chi connectivity index (χ2v) is 5.90. The average molecular weight is 321 g/mol. The van der Waals surface area contributed by atoms with Crippen LogP contribution in [0.3, 0.4) is 0 Å². The van der Waals surface area contributed by atoms with E-state index in [1.165, 1.54) is 18.4 Å². The first-order valence-corrected chi connectivity index (χ1v) is 8.45. The van der Waals surface area contributed by atoms with Crippen molar-refractivity contribution in [2.45, 2.75) is 44.6 Å². The van der Waals surface area contributed by atoms with E-state index in [1.54, 1.807) is 6.92 Å². The Hall–Kier alpha value is -1.59. The molecule has 0 spiro atoms. The summed E-state index contributed by atoms with van der Waals surface area (Å²) < 4.78 is 10.4. The molecular formula is C18H27NO4. The van der Waals surface area contributed by atoms with Crippen molar-refractivity contribution in [2.24, 2.45) is 0 Å². The summed E-state index contributed by atoms with van der Waals surface area (Å²) in [5.41, 5.74) is 1.25. The molecule has 2 unspecified atom stereocenters. The first-order chi connectivity index (χ1) is 11.2. The molecule has 5 heteroatoms. The molecule has 2 atom stereocenters. The number of rotatable bonds is 8. The van der Waals surface area contributed by atoms with Gasteiger partial charge in [0.1, 0.15) is 5.75 Å². The SMILES string of the molecule is CCOC(=O)COc1cccc(C2CCCC(NCCO)C2)c1. The summed E-state index contributed by atoms with van der Waals surface area (Å²) >= 11 is 0.